The Morgan fingerprint density at radius 2 is 2.33 bits per heavy atom. The van der Waals surface area contributed by atoms with E-state index in [1.165, 1.54) is 19.3 Å². The van der Waals surface area contributed by atoms with Gasteiger partial charge in [-0.2, -0.15) is 5.26 Å². The number of unbranched alkanes of at least 4 members (excludes halogenated alkanes) is 1. The number of nitrogens with one attached hydrogen (secondary N) is 1. The molecule has 1 atom stereocenters. The lowest BCUT2D eigenvalue weighted by Gasteiger charge is -2.32. The Balaban J connectivity index is 1.95. The van der Waals surface area contributed by atoms with Crippen LogP contribution in [0.5, 0.6) is 0 Å². The Morgan fingerprint density at radius 1 is 1.58 bits per heavy atom. The van der Waals surface area contributed by atoms with E-state index in [0.29, 0.717) is 12.5 Å². The zero-order valence-corrected chi connectivity index (χ0v) is 7.84. The zero-order valence-electron chi connectivity index (χ0n) is 7.84. The Labute approximate surface area is 75.0 Å². The molecule has 2 nitrogen and oxygen atoms in total. The molecule has 0 spiro atoms. The van der Waals surface area contributed by atoms with Gasteiger partial charge in [0.25, 0.3) is 0 Å². The maximum atomic E-state index is 8.32. The first kappa shape index (κ1) is 9.54. The number of rotatable bonds is 5. The molecule has 1 unspecified atom stereocenters. The van der Waals surface area contributed by atoms with Crippen molar-refractivity contribution in [2.75, 3.05) is 6.54 Å². The molecule has 12 heavy (non-hydrogen) atoms. The zero-order chi connectivity index (χ0) is 8.81. The second-order valence-electron chi connectivity index (χ2n) is 3.70. The largest absolute Gasteiger partial charge is 0.314 e. The van der Waals surface area contributed by atoms with Crippen LogP contribution in [0.4, 0.5) is 0 Å². The minimum Gasteiger partial charge on any atom is -0.314 e. The molecule has 0 heterocycles. The van der Waals surface area contributed by atoms with Gasteiger partial charge in [-0.25, -0.2) is 0 Å². The second-order valence-corrected chi connectivity index (χ2v) is 3.70. The van der Waals surface area contributed by atoms with Crippen LogP contribution in [0.15, 0.2) is 0 Å². The number of hydrogen-bond acceptors (Lipinski definition) is 2. The van der Waals surface area contributed by atoms with Crippen molar-refractivity contribution in [2.45, 2.75) is 45.1 Å². The molecule has 0 saturated heterocycles. The highest BCUT2D eigenvalue weighted by Gasteiger charge is 2.22. The van der Waals surface area contributed by atoms with Crippen molar-refractivity contribution in [1.82, 2.24) is 5.32 Å². The van der Waals surface area contributed by atoms with E-state index in [2.05, 4.69) is 18.3 Å². The summed E-state index contributed by atoms with van der Waals surface area (Å²) in [6, 6.07) is 2.82. The molecular formula is C10H18N2. The highest BCUT2D eigenvalue weighted by molar-refractivity contribution is 4.79. The molecule has 0 bridgehead atoms. The summed E-state index contributed by atoms with van der Waals surface area (Å²) in [4.78, 5) is 0. The average molecular weight is 166 g/mol. The van der Waals surface area contributed by atoms with Crippen LogP contribution in [0.3, 0.4) is 0 Å². The van der Waals surface area contributed by atoms with E-state index in [0.717, 1.165) is 18.9 Å². The van der Waals surface area contributed by atoms with Gasteiger partial charge in [0.15, 0.2) is 0 Å². The molecule has 1 rings (SSSR count). The minimum atomic E-state index is 0.664. The average Bonchev–Trinajstić information content (AvgIpc) is 1.95. The number of nitrogens with zero attached hydrogens (tertiary/aromatic N) is 1. The SMILES string of the molecule is CC(NCCCC#N)C1CCC1. The van der Waals surface area contributed by atoms with Gasteiger partial charge in [-0.05, 0) is 38.6 Å². The normalized spacial score (nSPS) is 19.7. The first-order valence-corrected chi connectivity index (χ1v) is 4.95. The Hall–Kier alpha value is -0.550. The van der Waals surface area contributed by atoms with Crippen LogP contribution >= 0.6 is 0 Å². The Morgan fingerprint density at radius 3 is 2.83 bits per heavy atom. The molecule has 1 aliphatic carbocycles. The van der Waals surface area contributed by atoms with E-state index in [9.17, 15) is 0 Å². The van der Waals surface area contributed by atoms with Gasteiger partial charge in [-0.3, -0.25) is 0 Å². The van der Waals surface area contributed by atoms with Crippen LogP contribution in [0.25, 0.3) is 0 Å². The highest BCUT2D eigenvalue weighted by atomic mass is 14.9. The predicted molar refractivity (Wildman–Crippen MR) is 49.7 cm³/mol. The van der Waals surface area contributed by atoms with Crippen LogP contribution in [0.1, 0.15) is 39.0 Å². The summed E-state index contributed by atoms with van der Waals surface area (Å²) >= 11 is 0. The summed E-state index contributed by atoms with van der Waals surface area (Å²) in [7, 11) is 0. The molecule has 1 fully saturated rings. The summed E-state index contributed by atoms with van der Waals surface area (Å²) in [5.41, 5.74) is 0. The van der Waals surface area contributed by atoms with Crippen LogP contribution in [0, 0.1) is 17.2 Å². The lowest BCUT2D eigenvalue weighted by Crippen LogP contribution is -2.37. The summed E-state index contributed by atoms with van der Waals surface area (Å²) in [5, 5.41) is 11.8. The second kappa shape index (κ2) is 5.16. The summed E-state index contributed by atoms with van der Waals surface area (Å²) in [6.45, 7) is 3.27. The Kier molecular flexibility index (Phi) is 4.10. The van der Waals surface area contributed by atoms with Crippen LogP contribution in [0.2, 0.25) is 0 Å². The smallest absolute Gasteiger partial charge is 0.0622 e. The molecule has 2 heteroatoms. The summed E-state index contributed by atoms with van der Waals surface area (Å²) < 4.78 is 0. The molecule has 0 aromatic heterocycles. The maximum Gasteiger partial charge on any atom is 0.0622 e. The van der Waals surface area contributed by atoms with Crippen molar-refractivity contribution in [3.8, 4) is 6.07 Å². The van der Waals surface area contributed by atoms with Crippen LogP contribution in [-0.4, -0.2) is 12.6 Å². The molecular weight excluding hydrogens is 148 g/mol. The monoisotopic (exact) mass is 166 g/mol. The molecule has 0 aromatic rings. The fourth-order valence-corrected chi connectivity index (χ4v) is 1.60. The minimum absolute atomic E-state index is 0.664. The fourth-order valence-electron chi connectivity index (χ4n) is 1.60. The lowest BCUT2D eigenvalue weighted by molar-refractivity contribution is 0.241. The van der Waals surface area contributed by atoms with E-state index in [1.54, 1.807) is 0 Å². The number of nitriles is 1. The predicted octanol–water partition coefficient (Wildman–Crippen LogP) is 2.07. The maximum absolute atomic E-state index is 8.32. The van der Waals surface area contributed by atoms with Crippen molar-refractivity contribution in [2.24, 2.45) is 5.92 Å². The molecule has 0 aromatic carbocycles. The van der Waals surface area contributed by atoms with Crippen molar-refractivity contribution in [1.29, 1.82) is 5.26 Å². The molecule has 0 amide bonds. The fraction of sp³-hybridized carbons (Fsp3) is 0.900. The molecule has 1 saturated carbocycles. The van der Waals surface area contributed by atoms with E-state index >= 15 is 0 Å². The van der Waals surface area contributed by atoms with Gasteiger partial charge in [-0.15, -0.1) is 0 Å². The molecule has 0 radical (unpaired) electrons. The molecule has 0 aliphatic heterocycles. The van der Waals surface area contributed by atoms with Crippen LogP contribution < -0.4 is 5.32 Å². The topological polar surface area (TPSA) is 35.8 Å². The van der Waals surface area contributed by atoms with Gasteiger partial charge >= 0.3 is 0 Å². The van der Waals surface area contributed by atoms with Crippen LogP contribution in [-0.2, 0) is 0 Å². The first-order chi connectivity index (χ1) is 5.84. The highest BCUT2D eigenvalue weighted by Crippen LogP contribution is 2.29. The van der Waals surface area contributed by atoms with Crippen molar-refractivity contribution < 1.29 is 0 Å². The quantitative estimate of drug-likeness (QED) is 0.635. The van der Waals surface area contributed by atoms with Crippen molar-refractivity contribution in [3.63, 3.8) is 0 Å². The summed E-state index contributed by atoms with van der Waals surface area (Å²) in [6.07, 6.45) is 5.88. The van der Waals surface area contributed by atoms with Crippen molar-refractivity contribution in [3.05, 3.63) is 0 Å². The molecule has 68 valence electrons. The third kappa shape index (κ3) is 2.83. The van der Waals surface area contributed by atoms with E-state index in [1.807, 2.05) is 0 Å². The molecule has 1 N–H and O–H groups in total. The van der Waals surface area contributed by atoms with Gasteiger partial charge in [0.1, 0.15) is 0 Å². The lowest BCUT2D eigenvalue weighted by atomic mass is 9.80. The first-order valence-electron chi connectivity index (χ1n) is 4.95. The van der Waals surface area contributed by atoms with Gasteiger partial charge in [-0.1, -0.05) is 6.42 Å². The van der Waals surface area contributed by atoms with E-state index < -0.39 is 0 Å². The van der Waals surface area contributed by atoms with Crippen molar-refractivity contribution >= 4 is 0 Å². The third-order valence-electron chi connectivity index (χ3n) is 2.79. The standard InChI is InChI=1S/C10H18N2/c1-9(10-5-4-6-10)12-8-3-2-7-11/h9-10,12H,2-6,8H2,1H3. The third-order valence-corrected chi connectivity index (χ3v) is 2.79. The van der Waals surface area contributed by atoms with Gasteiger partial charge in [0.2, 0.25) is 0 Å². The Bertz CT molecular complexity index is 156. The van der Waals surface area contributed by atoms with Gasteiger partial charge in [0.05, 0.1) is 6.07 Å². The van der Waals surface area contributed by atoms with Gasteiger partial charge < -0.3 is 5.32 Å². The van der Waals surface area contributed by atoms with E-state index in [-0.39, 0.29) is 0 Å². The van der Waals surface area contributed by atoms with Gasteiger partial charge in [0, 0.05) is 12.5 Å². The summed E-state index contributed by atoms with van der Waals surface area (Å²) in [5.74, 6) is 0.909. The number of hydrogen-bond donors (Lipinski definition) is 1. The molecule has 1 aliphatic rings. The van der Waals surface area contributed by atoms with E-state index in [4.69, 9.17) is 5.26 Å².